The summed E-state index contributed by atoms with van der Waals surface area (Å²) in [6.45, 7) is 0.167. The fraction of sp³-hybridized carbons (Fsp3) is 0.312. The minimum atomic E-state index is -0.266. The molecule has 2 amide bonds. The first-order chi connectivity index (χ1) is 11.7. The molecule has 0 spiro atoms. The molecule has 1 aromatic carbocycles. The van der Waals surface area contributed by atoms with Gasteiger partial charge in [-0.05, 0) is 31.0 Å². The average Bonchev–Trinajstić information content (AvgIpc) is 3.28. The van der Waals surface area contributed by atoms with Crippen LogP contribution >= 0.6 is 11.3 Å². The lowest BCUT2D eigenvalue weighted by atomic mass is 10.1. The van der Waals surface area contributed by atoms with Gasteiger partial charge in [0.15, 0.2) is 16.6 Å². The van der Waals surface area contributed by atoms with E-state index in [-0.39, 0.29) is 24.5 Å². The Bertz CT molecular complexity index is 833. The third-order valence-electron chi connectivity index (χ3n) is 4.14. The average molecular weight is 345 g/mol. The van der Waals surface area contributed by atoms with Crippen LogP contribution in [0.25, 0.3) is 0 Å². The van der Waals surface area contributed by atoms with Crippen LogP contribution in [0.1, 0.15) is 33.3 Å². The normalized spacial score (nSPS) is 17.5. The second kappa shape index (κ2) is 5.79. The number of anilines is 1. The van der Waals surface area contributed by atoms with Crippen molar-refractivity contribution in [3.05, 3.63) is 34.3 Å². The van der Waals surface area contributed by atoms with Crippen LogP contribution < -0.4 is 20.1 Å². The maximum atomic E-state index is 12.4. The Balaban J connectivity index is 1.52. The lowest BCUT2D eigenvalue weighted by Crippen LogP contribution is -2.24. The maximum Gasteiger partial charge on any atom is 0.257 e. The van der Waals surface area contributed by atoms with Gasteiger partial charge in [0, 0.05) is 17.5 Å². The molecular weight excluding hydrogens is 330 g/mol. The maximum absolute atomic E-state index is 12.4. The molecule has 4 rings (SSSR count). The number of nitrogens with one attached hydrogen (secondary N) is 2. The molecule has 0 saturated heterocycles. The Morgan fingerprint density at radius 2 is 2.12 bits per heavy atom. The van der Waals surface area contributed by atoms with Crippen molar-refractivity contribution < 1.29 is 19.1 Å². The summed E-state index contributed by atoms with van der Waals surface area (Å²) in [5, 5.41) is 5.97. The number of carbonyl (C=O) groups excluding carboxylic acids is 2. The predicted octanol–water partition coefficient (Wildman–Crippen LogP) is 1.90. The highest BCUT2D eigenvalue weighted by Gasteiger charge is 2.32. The molecule has 1 aliphatic carbocycles. The molecule has 2 heterocycles. The standard InChI is InChI=1S/C16H15N3O4S/c1-17-15(21)9-3-5-12-13(9)18-16(24-12)19-14(20)8-2-4-10-11(6-8)23-7-22-10/h2,4,6,9H,3,5,7H2,1H3,(H,17,21)(H,18,19,20)/t9-/m1/s1. The smallest absolute Gasteiger partial charge is 0.257 e. The number of fused-ring (bicyclic) bond motifs is 2. The Hall–Kier alpha value is -2.61. The van der Waals surface area contributed by atoms with Gasteiger partial charge < -0.3 is 14.8 Å². The van der Waals surface area contributed by atoms with Crippen LogP contribution in [-0.2, 0) is 11.2 Å². The summed E-state index contributed by atoms with van der Waals surface area (Å²) in [5.74, 6) is 0.666. The first-order valence-corrected chi connectivity index (χ1v) is 8.39. The van der Waals surface area contributed by atoms with Gasteiger partial charge in [-0.1, -0.05) is 0 Å². The highest BCUT2D eigenvalue weighted by molar-refractivity contribution is 7.16. The number of amides is 2. The van der Waals surface area contributed by atoms with Crippen molar-refractivity contribution in [3.8, 4) is 11.5 Å². The molecule has 8 heteroatoms. The Labute approximate surface area is 142 Å². The summed E-state index contributed by atoms with van der Waals surface area (Å²) in [7, 11) is 1.62. The van der Waals surface area contributed by atoms with Crippen LogP contribution in [0.2, 0.25) is 0 Å². The first-order valence-electron chi connectivity index (χ1n) is 7.58. The number of ether oxygens (including phenoxy) is 2. The highest BCUT2D eigenvalue weighted by atomic mass is 32.1. The Kier molecular flexibility index (Phi) is 3.61. The number of carbonyl (C=O) groups is 2. The van der Waals surface area contributed by atoms with Gasteiger partial charge in [0.1, 0.15) is 0 Å². The monoisotopic (exact) mass is 345 g/mol. The van der Waals surface area contributed by atoms with Crippen molar-refractivity contribution in [1.82, 2.24) is 10.3 Å². The zero-order valence-corrected chi connectivity index (χ0v) is 13.7. The lowest BCUT2D eigenvalue weighted by molar-refractivity contribution is -0.122. The van der Waals surface area contributed by atoms with E-state index < -0.39 is 0 Å². The van der Waals surface area contributed by atoms with E-state index in [1.165, 1.54) is 11.3 Å². The number of thiazole rings is 1. The molecule has 1 atom stereocenters. The molecular formula is C16H15N3O4S. The number of hydrogen-bond acceptors (Lipinski definition) is 6. The summed E-state index contributed by atoms with van der Waals surface area (Å²) in [6.07, 6.45) is 1.58. The van der Waals surface area contributed by atoms with E-state index in [9.17, 15) is 9.59 Å². The van der Waals surface area contributed by atoms with E-state index in [4.69, 9.17) is 9.47 Å². The quantitative estimate of drug-likeness (QED) is 0.887. The number of benzene rings is 1. The first kappa shape index (κ1) is 14.9. The van der Waals surface area contributed by atoms with E-state index in [0.717, 1.165) is 23.4 Å². The van der Waals surface area contributed by atoms with Gasteiger partial charge in [0.2, 0.25) is 12.7 Å². The number of hydrogen-bond donors (Lipinski definition) is 2. The van der Waals surface area contributed by atoms with Crippen molar-refractivity contribution in [2.24, 2.45) is 0 Å². The second-order valence-corrected chi connectivity index (χ2v) is 6.64. The fourth-order valence-electron chi connectivity index (χ4n) is 2.92. The molecule has 0 saturated carbocycles. The topological polar surface area (TPSA) is 89.6 Å². The molecule has 0 bridgehead atoms. The zero-order chi connectivity index (χ0) is 16.7. The van der Waals surface area contributed by atoms with Gasteiger partial charge >= 0.3 is 0 Å². The van der Waals surface area contributed by atoms with Crippen LogP contribution in [-0.4, -0.2) is 30.6 Å². The molecule has 2 aliphatic rings. The number of aromatic nitrogens is 1. The van der Waals surface area contributed by atoms with E-state index >= 15 is 0 Å². The third kappa shape index (κ3) is 2.48. The van der Waals surface area contributed by atoms with Crippen LogP contribution in [0.4, 0.5) is 5.13 Å². The number of aryl methyl sites for hydroxylation is 1. The van der Waals surface area contributed by atoms with Crippen LogP contribution in [0.3, 0.4) is 0 Å². The summed E-state index contributed by atoms with van der Waals surface area (Å²) in [4.78, 5) is 29.8. The van der Waals surface area contributed by atoms with Gasteiger partial charge in [-0.2, -0.15) is 0 Å². The third-order valence-corrected chi connectivity index (χ3v) is 5.18. The highest BCUT2D eigenvalue weighted by Crippen LogP contribution is 2.38. The molecule has 2 aromatic rings. The van der Waals surface area contributed by atoms with Crippen LogP contribution in [0.15, 0.2) is 18.2 Å². The largest absolute Gasteiger partial charge is 0.454 e. The summed E-state index contributed by atoms with van der Waals surface area (Å²) in [5.41, 5.74) is 1.25. The van der Waals surface area contributed by atoms with E-state index in [0.29, 0.717) is 22.2 Å². The van der Waals surface area contributed by atoms with Crippen molar-refractivity contribution in [1.29, 1.82) is 0 Å². The van der Waals surface area contributed by atoms with Crippen molar-refractivity contribution in [2.45, 2.75) is 18.8 Å². The zero-order valence-electron chi connectivity index (χ0n) is 12.9. The molecule has 7 nitrogen and oxygen atoms in total. The predicted molar refractivity (Wildman–Crippen MR) is 87.8 cm³/mol. The fourth-order valence-corrected chi connectivity index (χ4v) is 3.95. The van der Waals surface area contributed by atoms with Crippen LogP contribution in [0.5, 0.6) is 11.5 Å². The van der Waals surface area contributed by atoms with Crippen molar-refractivity contribution in [3.63, 3.8) is 0 Å². The molecule has 0 unspecified atom stereocenters. The SMILES string of the molecule is CNC(=O)[C@@H]1CCc2sc(NC(=O)c3ccc4c(c3)OCO4)nc21. The van der Waals surface area contributed by atoms with E-state index in [1.807, 2.05) is 0 Å². The summed E-state index contributed by atoms with van der Waals surface area (Å²) >= 11 is 1.42. The van der Waals surface area contributed by atoms with Gasteiger partial charge in [0.05, 0.1) is 11.6 Å². The van der Waals surface area contributed by atoms with Gasteiger partial charge in [-0.25, -0.2) is 4.98 Å². The summed E-state index contributed by atoms with van der Waals surface area (Å²) < 4.78 is 10.5. The van der Waals surface area contributed by atoms with E-state index in [1.54, 1.807) is 25.2 Å². The van der Waals surface area contributed by atoms with E-state index in [2.05, 4.69) is 15.6 Å². The minimum Gasteiger partial charge on any atom is -0.454 e. The minimum absolute atomic E-state index is 0.0345. The molecule has 2 N–H and O–H groups in total. The molecule has 0 radical (unpaired) electrons. The number of likely N-dealkylation sites (N-methyl/N-ethyl adjacent to an activating group) is 1. The number of rotatable bonds is 3. The Morgan fingerprint density at radius 1 is 1.29 bits per heavy atom. The van der Waals surface area contributed by atoms with Gasteiger partial charge in [0.25, 0.3) is 5.91 Å². The lowest BCUT2D eigenvalue weighted by Gasteiger charge is -2.07. The molecule has 1 aliphatic heterocycles. The van der Waals surface area contributed by atoms with Crippen molar-refractivity contribution in [2.75, 3.05) is 19.2 Å². The van der Waals surface area contributed by atoms with Gasteiger partial charge in [-0.3, -0.25) is 14.9 Å². The Morgan fingerprint density at radius 3 is 2.96 bits per heavy atom. The second-order valence-electron chi connectivity index (χ2n) is 5.56. The molecule has 24 heavy (non-hydrogen) atoms. The molecule has 1 aromatic heterocycles. The van der Waals surface area contributed by atoms with Gasteiger partial charge in [-0.15, -0.1) is 11.3 Å². The molecule has 0 fully saturated rings. The molecule has 124 valence electrons. The summed E-state index contributed by atoms with van der Waals surface area (Å²) in [6, 6.07) is 5.03. The van der Waals surface area contributed by atoms with Crippen LogP contribution in [0, 0.1) is 0 Å². The van der Waals surface area contributed by atoms with Crippen molar-refractivity contribution >= 4 is 28.3 Å². The number of nitrogens with zero attached hydrogens (tertiary/aromatic N) is 1.